The van der Waals surface area contributed by atoms with Crippen LogP contribution in [-0.2, 0) is 14.3 Å². The lowest BCUT2D eigenvalue weighted by Crippen LogP contribution is -2.36. The molecule has 9 heteroatoms. The number of morpholine rings is 1. The largest absolute Gasteiger partial charge is 0.479 e. The van der Waals surface area contributed by atoms with Gasteiger partial charge in [-0.25, -0.2) is 4.79 Å². The number of hydrogen-bond donors (Lipinski definition) is 1. The Morgan fingerprint density at radius 1 is 1.13 bits per heavy atom. The van der Waals surface area contributed by atoms with Crippen LogP contribution >= 0.6 is 23.2 Å². The predicted molar refractivity (Wildman–Crippen MR) is 116 cm³/mol. The van der Waals surface area contributed by atoms with E-state index in [0.29, 0.717) is 34.7 Å². The van der Waals surface area contributed by atoms with Crippen molar-refractivity contribution in [1.29, 1.82) is 0 Å². The number of rotatable bonds is 6. The van der Waals surface area contributed by atoms with Crippen molar-refractivity contribution in [3.63, 3.8) is 0 Å². The molecule has 0 spiro atoms. The Kier molecular flexibility index (Phi) is 7.42. The summed E-state index contributed by atoms with van der Waals surface area (Å²) in [6, 6.07) is 9.96. The van der Waals surface area contributed by atoms with Crippen LogP contribution in [0.5, 0.6) is 5.75 Å². The fourth-order valence-corrected chi connectivity index (χ4v) is 3.44. The number of hydrogen-bond acceptors (Lipinski definition) is 6. The van der Waals surface area contributed by atoms with Gasteiger partial charge in [0.2, 0.25) is 0 Å². The Bertz CT molecular complexity index is 932. The van der Waals surface area contributed by atoms with Gasteiger partial charge >= 0.3 is 5.97 Å². The van der Waals surface area contributed by atoms with Crippen LogP contribution in [0, 0.1) is 0 Å². The zero-order valence-corrected chi connectivity index (χ0v) is 18.1. The summed E-state index contributed by atoms with van der Waals surface area (Å²) < 4.78 is 15.9. The minimum Gasteiger partial charge on any atom is -0.479 e. The molecule has 1 amide bonds. The molecule has 1 atom stereocenters. The van der Waals surface area contributed by atoms with Crippen LogP contribution in [0.1, 0.15) is 17.3 Å². The highest BCUT2D eigenvalue weighted by atomic mass is 35.5. The average Bonchev–Trinajstić information content (AvgIpc) is 2.75. The number of halogens is 2. The average molecular weight is 453 g/mol. The zero-order valence-electron chi connectivity index (χ0n) is 16.6. The summed E-state index contributed by atoms with van der Waals surface area (Å²) in [4.78, 5) is 27.1. The quantitative estimate of drug-likeness (QED) is 0.666. The van der Waals surface area contributed by atoms with Crippen molar-refractivity contribution in [3.05, 3.63) is 52.0 Å². The summed E-state index contributed by atoms with van der Waals surface area (Å²) in [5.74, 6) is -0.653. The van der Waals surface area contributed by atoms with E-state index in [-0.39, 0.29) is 5.56 Å². The molecule has 1 aliphatic rings. The van der Waals surface area contributed by atoms with Gasteiger partial charge in [0.25, 0.3) is 5.91 Å². The number of carbonyl (C=O) groups excluding carboxylic acids is 2. The van der Waals surface area contributed by atoms with E-state index in [1.807, 2.05) is 6.07 Å². The molecule has 3 rings (SSSR count). The molecular weight excluding hydrogens is 431 g/mol. The van der Waals surface area contributed by atoms with E-state index in [0.717, 1.165) is 18.8 Å². The number of methoxy groups -OCH3 is 1. The van der Waals surface area contributed by atoms with Crippen molar-refractivity contribution < 1.29 is 23.8 Å². The predicted octanol–water partition coefficient (Wildman–Crippen LogP) is 4.02. The topological polar surface area (TPSA) is 77.1 Å². The number of benzene rings is 2. The smallest absolute Gasteiger partial charge is 0.340 e. The van der Waals surface area contributed by atoms with Gasteiger partial charge in [0.1, 0.15) is 5.75 Å². The third-order valence-electron chi connectivity index (χ3n) is 4.61. The minimum absolute atomic E-state index is 0.256. The van der Waals surface area contributed by atoms with Crippen molar-refractivity contribution in [2.45, 2.75) is 13.0 Å². The molecule has 2 aromatic rings. The second kappa shape index (κ2) is 10.0. The van der Waals surface area contributed by atoms with Crippen molar-refractivity contribution >= 4 is 46.5 Å². The molecule has 1 aliphatic heterocycles. The molecule has 1 unspecified atom stereocenters. The number of esters is 1. The fraction of sp³-hybridized carbons (Fsp3) is 0.333. The third-order valence-corrected chi connectivity index (χ3v) is 5.14. The van der Waals surface area contributed by atoms with E-state index in [4.69, 9.17) is 37.4 Å². The Morgan fingerprint density at radius 3 is 2.53 bits per heavy atom. The Hall–Kier alpha value is -2.48. The van der Waals surface area contributed by atoms with Gasteiger partial charge in [0.15, 0.2) is 6.10 Å². The molecule has 0 radical (unpaired) electrons. The molecule has 160 valence electrons. The summed E-state index contributed by atoms with van der Waals surface area (Å²) in [7, 11) is 1.30. The van der Waals surface area contributed by atoms with Crippen LogP contribution in [0.25, 0.3) is 0 Å². The molecule has 0 aromatic heterocycles. The SMILES string of the molecule is COC(=O)c1cc(N2CCOCC2)ccc1NC(=O)C(C)Oc1ccc(Cl)cc1Cl. The normalized spacial score (nSPS) is 14.7. The molecule has 1 fully saturated rings. The van der Waals surface area contributed by atoms with Gasteiger partial charge in [-0.2, -0.15) is 0 Å². The lowest BCUT2D eigenvalue weighted by Gasteiger charge is -2.29. The molecule has 1 saturated heterocycles. The number of carbonyl (C=O) groups is 2. The van der Waals surface area contributed by atoms with Crippen molar-refractivity contribution in [2.75, 3.05) is 43.6 Å². The summed E-state index contributed by atoms with van der Waals surface area (Å²) in [5, 5.41) is 3.49. The first kappa shape index (κ1) is 22.2. The van der Waals surface area contributed by atoms with Gasteiger partial charge in [-0.05, 0) is 43.3 Å². The fourth-order valence-electron chi connectivity index (χ4n) is 2.99. The van der Waals surface area contributed by atoms with Crippen LogP contribution in [0.4, 0.5) is 11.4 Å². The van der Waals surface area contributed by atoms with Gasteiger partial charge < -0.3 is 24.4 Å². The summed E-state index contributed by atoms with van der Waals surface area (Å²) >= 11 is 12.0. The van der Waals surface area contributed by atoms with E-state index < -0.39 is 18.0 Å². The lowest BCUT2D eigenvalue weighted by atomic mass is 10.1. The standard InChI is InChI=1S/C21H22Cl2N2O5/c1-13(30-19-6-3-14(22)11-17(19)23)20(26)24-18-5-4-15(12-16(18)21(27)28-2)25-7-9-29-10-8-25/h3-6,11-13H,7-10H2,1-2H3,(H,24,26). The van der Waals surface area contributed by atoms with E-state index in [2.05, 4.69) is 10.2 Å². The molecular formula is C21H22Cl2N2O5. The van der Waals surface area contributed by atoms with Gasteiger partial charge in [-0.15, -0.1) is 0 Å². The van der Waals surface area contributed by atoms with Crippen LogP contribution in [0.15, 0.2) is 36.4 Å². The monoisotopic (exact) mass is 452 g/mol. The molecule has 30 heavy (non-hydrogen) atoms. The first-order valence-electron chi connectivity index (χ1n) is 9.36. The van der Waals surface area contributed by atoms with E-state index >= 15 is 0 Å². The number of nitrogens with one attached hydrogen (secondary N) is 1. The minimum atomic E-state index is -0.868. The van der Waals surface area contributed by atoms with Crippen molar-refractivity contribution in [2.24, 2.45) is 0 Å². The first-order chi connectivity index (χ1) is 14.4. The molecule has 2 aromatic carbocycles. The molecule has 0 saturated carbocycles. The molecule has 7 nitrogen and oxygen atoms in total. The number of ether oxygens (including phenoxy) is 3. The van der Waals surface area contributed by atoms with Crippen LogP contribution in [0.3, 0.4) is 0 Å². The number of anilines is 2. The Balaban J connectivity index is 1.76. The Morgan fingerprint density at radius 2 is 1.87 bits per heavy atom. The van der Waals surface area contributed by atoms with E-state index in [1.165, 1.54) is 13.2 Å². The highest BCUT2D eigenvalue weighted by Crippen LogP contribution is 2.29. The van der Waals surface area contributed by atoms with Crippen LogP contribution in [0.2, 0.25) is 10.0 Å². The molecule has 0 aliphatic carbocycles. The van der Waals surface area contributed by atoms with E-state index in [1.54, 1.807) is 31.2 Å². The molecule has 1 heterocycles. The highest BCUT2D eigenvalue weighted by Gasteiger charge is 2.22. The third kappa shape index (κ3) is 5.36. The summed E-state index contributed by atoms with van der Waals surface area (Å²) in [6.07, 6.45) is -0.868. The number of nitrogens with zero attached hydrogens (tertiary/aromatic N) is 1. The maximum absolute atomic E-state index is 12.7. The van der Waals surface area contributed by atoms with Gasteiger partial charge in [-0.1, -0.05) is 23.2 Å². The molecule has 1 N–H and O–H groups in total. The first-order valence-corrected chi connectivity index (χ1v) is 10.1. The second-order valence-electron chi connectivity index (χ2n) is 6.64. The highest BCUT2D eigenvalue weighted by molar-refractivity contribution is 6.35. The second-order valence-corrected chi connectivity index (χ2v) is 7.49. The van der Waals surface area contributed by atoms with Crippen molar-refractivity contribution in [1.82, 2.24) is 0 Å². The Labute approximate surface area is 184 Å². The van der Waals surface area contributed by atoms with Gasteiger partial charge in [-0.3, -0.25) is 4.79 Å². The molecule has 0 bridgehead atoms. The van der Waals surface area contributed by atoms with Gasteiger partial charge in [0, 0.05) is 23.8 Å². The van der Waals surface area contributed by atoms with Crippen LogP contribution < -0.4 is 15.0 Å². The summed E-state index contributed by atoms with van der Waals surface area (Å²) in [6.45, 7) is 4.26. The maximum atomic E-state index is 12.7. The lowest BCUT2D eigenvalue weighted by molar-refractivity contribution is -0.122. The van der Waals surface area contributed by atoms with Crippen LogP contribution in [-0.4, -0.2) is 51.4 Å². The van der Waals surface area contributed by atoms with Crippen molar-refractivity contribution in [3.8, 4) is 5.75 Å². The van der Waals surface area contributed by atoms with Gasteiger partial charge in [0.05, 0.1) is 36.6 Å². The summed E-state index contributed by atoms with van der Waals surface area (Å²) in [5.41, 5.74) is 1.45. The number of amides is 1. The zero-order chi connectivity index (χ0) is 21.7. The van der Waals surface area contributed by atoms with E-state index in [9.17, 15) is 9.59 Å². The maximum Gasteiger partial charge on any atom is 0.340 e.